The summed E-state index contributed by atoms with van der Waals surface area (Å²) < 4.78 is 0. The number of amides is 1. The fourth-order valence-electron chi connectivity index (χ4n) is 1.96. The molecule has 1 amide bonds. The lowest BCUT2D eigenvalue weighted by molar-refractivity contribution is -0.147. The maximum Gasteiger partial charge on any atom is 0.329 e. The number of nitrogens with one attached hydrogen (secondary N) is 1. The van der Waals surface area contributed by atoms with Crippen LogP contribution in [0.5, 0.6) is 0 Å². The number of nitrogens with zero attached hydrogens (tertiary/aromatic N) is 1. The summed E-state index contributed by atoms with van der Waals surface area (Å²) in [6.45, 7) is 2.87. The molecular weight excluding hydrogens is 272 g/mol. The van der Waals surface area contributed by atoms with E-state index >= 15 is 0 Å². The summed E-state index contributed by atoms with van der Waals surface area (Å²) >= 11 is 0. The van der Waals surface area contributed by atoms with E-state index in [1.165, 1.54) is 27.0 Å². The summed E-state index contributed by atoms with van der Waals surface area (Å²) in [5.74, 6) is -1.63. The van der Waals surface area contributed by atoms with Crippen molar-refractivity contribution in [3.63, 3.8) is 0 Å². The van der Waals surface area contributed by atoms with Gasteiger partial charge in [-0.1, -0.05) is 18.2 Å². The average molecular weight is 288 g/mol. The molecule has 21 heavy (non-hydrogen) atoms. The Kier molecular flexibility index (Phi) is 3.55. The zero-order valence-electron chi connectivity index (χ0n) is 12.0. The third kappa shape index (κ3) is 2.52. The molecule has 6 heteroatoms. The van der Waals surface area contributed by atoms with Gasteiger partial charge in [-0.15, -0.1) is 0 Å². The minimum Gasteiger partial charge on any atom is -0.480 e. The highest BCUT2D eigenvalue weighted by molar-refractivity contribution is 6.07. The zero-order valence-corrected chi connectivity index (χ0v) is 12.0. The van der Waals surface area contributed by atoms with Crippen LogP contribution in [-0.2, 0) is 4.79 Å². The van der Waals surface area contributed by atoms with E-state index in [9.17, 15) is 19.5 Å². The number of carboxylic acids is 1. The van der Waals surface area contributed by atoms with Crippen molar-refractivity contribution < 1.29 is 14.7 Å². The number of aromatic amines is 1. The van der Waals surface area contributed by atoms with Gasteiger partial charge in [0.05, 0.1) is 5.56 Å². The second-order valence-electron chi connectivity index (χ2n) is 5.32. The van der Waals surface area contributed by atoms with Gasteiger partial charge in [-0.25, -0.2) is 4.79 Å². The summed E-state index contributed by atoms with van der Waals surface area (Å²) in [5.41, 5.74) is -1.06. The van der Waals surface area contributed by atoms with Crippen LogP contribution in [0.2, 0.25) is 0 Å². The molecule has 0 aliphatic heterocycles. The van der Waals surface area contributed by atoms with E-state index in [1.807, 2.05) is 0 Å². The Bertz CT molecular complexity index is 777. The standard InChI is InChI=1S/C15H16N2O4/c1-15(2,14(20)21)17(3)13(19)10-8-12(18)16-11-7-5-4-6-9(10)11/h4-8H,1-3H3,(H,16,18)(H,20,21). The summed E-state index contributed by atoms with van der Waals surface area (Å²) in [5, 5.41) is 9.79. The van der Waals surface area contributed by atoms with E-state index in [1.54, 1.807) is 24.3 Å². The van der Waals surface area contributed by atoms with Crippen LogP contribution in [0.1, 0.15) is 24.2 Å². The molecule has 0 fully saturated rings. The van der Waals surface area contributed by atoms with Gasteiger partial charge in [0.1, 0.15) is 5.54 Å². The lowest BCUT2D eigenvalue weighted by Crippen LogP contribution is -2.50. The molecule has 0 aliphatic carbocycles. The lowest BCUT2D eigenvalue weighted by Gasteiger charge is -2.31. The van der Waals surface area contributed by atoms with Gasteiger partial charge >= 0.3 is 5.97 Å². The molecule has 1 heterocycles. The number of aromatic nitrogens is 1. The Morgan fingerprint density at radius 2 is 1.86 bits per heavy atom. The Labute approximate surface area is 121 Å². The number of hydrogen-bond donors (Lipinski definition) is 2. The van der Waals surface area contributed by atoms with Gasteiger partial charge < -0.3 is 15.0 Å². The molecule has 0 saturated heterocycles. The summed E-state index contributed by atoms with van der Waals surface area (Å²) in [7, 11) is 1.41. The summed E-state index contributed by atoms with van der Waals surface area (Å²) in [6, 6.07) is 8.09. The summed E-state index contributed by atoms with van der Waals surface area (Å²) in [4.78, 5) is 39.3. The second kappa shape index (κ2) is 5.05. The molecular formula is C15H16N2O4. The molecule has 2 rings (SSSR count). The van der Waals surface area contributed by atoms with Crippen LogP contribution in [0.15, 0.2) is 35.1 Å². The first-order valence-electron chi connectivity index (χ1n) is 6.39. The molecule has 1 aromatic heterocycles. The summed E-state index contributed by atoms with van der Waals surface area (Å²) in [6.07, 6.45) is 0. The second-order valence-corrected chi connectivity index (χ2v) is 5.32. The van der Waals surface area contributed by atoms with Crippen LogP contribution >= 0.6 is 0 Å². The first kappa shape index (κ1) is 14.8. The fourth-order valence-corrected chi connectivity index (χ4v) is 1.96. The average Bonchev–Trinajstić information content (AvgIpc) is 2.44. The van der Waals surface area contributed by atoms with Crippen LogP contribution in [0.4, 0.5) is 0 Å². The lowest BCUT2D eigenvalue weighted by atomic mass is 10.0. The van der Waals surface area contributed by atoms with Crippen molar-refractivity contribution >= 4 is 22.8 Å². The van der Waals surface area contributed by atoms with Crippen molar-refractivity contribution in [3.8, 4) is 0 Å². The van der Waals surface area contributed by atoms with E-state index < -0.39 is 23.0 Å². The van der Waals surface area contributed by atoms with Crippen LogP contribution < -0.4 is 5.56 Å². The van der Waals surface area contributed by atoms with Crippen molar-refractivity contribution in [2.45, 2.75) is 19.4 Å². The Morgan fingerprint density at radius 3 is 2.48 bits per heavy atom. The van der Waals surface area contributed by atoms with Crippen molar-refractivity contribution in [1.82, 2.24) is 9.88 Å². The largest absolute Gasteiger partial charge is 0.480 e. The molecule has 110 valence electrons. The van der Waals surface area contributed by atoms with Gasteiger partial charge in [0.25, 0.3) is 5.91 Å². The highest BCUT2D eigenvalue weighted by atomic mass is 16.4. The number of fused-ring (bicyclic) bond motifs is 1. The minimum atomic E-state index is -1.37. The van der Waals surface area contributed by atoms with E-state index in [-0.39, 0.29) is 5.56 Å². The SMILES string of the molecule is CN(C(=O)c1cc(=O)[nH]c2ccccc12)C(C)(C)C(=O)O. The molecule has 2 N–H and O–H groups in total. The van der Waals surface area contributed by atoms with Crippen molar-refractivity contribution in [3.05, 3.63) is 46.2 Å². The van der Waals surface area contributed by atoms with E-state index in [4.69, 9.17) is 0 Å². The molecule has 0 bridgehead atoms. The van der Waals surface area contributed by atoms with Crippen LogP contribution in [0, 0.1) is 0 Å². The number of carbonyl (C=O) groups is 2. The number of pyridine rings is 1. The molecule has 0 saturated carbocycles. The quantitative estimate of drug-likeness (QED) is 0.894. The maximum absolute atomic E-state index is 12.6. The third-order valence-electron chi connectivity index (χ3n) is 3.65. The molecule has 0 aliphatic rings. The monoisotopic (exact) mass is 288 g/mol. The highest BCUT2D eigenvalue weighted by Gasteiger charge is 2.36. The van der Waals surface area contributed by atoms with Gasteiger partial charge in [-0.05, 0) is 19.9 Å². The number of aliphatic carboxylic acids is 1. The molecule has 6 nitrogen and oxygen atoms in total. The number of para-hydroxylation sites is 1. The van der Waals surface area contributed by atoms with E-state index in [0.717, 1.165) is 4.90 Å². The number of hydrogen-bond acceptors (Lipinski definition) is 3. The maximum atomic E-state index is 12.6. The van der Waals surface area contributed by atoms with E-state index in [2.05, 4.69) is 4.98 Å². The Hall–Kier alpha value is -2.63. The number of H-pyrrole nitrogens is 1. The van der Waals surface area contributed by atoms with Crippen molar-refractivity contribution in [2.75, 3.05) is 7.05 Å². The van der Waals surface area contributed by atoms with Gasteiger partial charge in [-0.3, -0.25) is 9.59 Å². The predicted octanol–water partition coefficient (Wildman–Crippen LogP) is 1.46. The number of benzene rings is 1. The Balaban J connectivity index is 2.59. The first-order chi connectivity index (χ1) is 9.75. The van der Waals surface area contributed by atoms with E-state index in [0.29, 0.717) is 10.9 Å². The minimum absolute atomic E-state index is 0.186. The van der Waals surface area contributed by atoms with Crippen molar-refractivity contribution in [2.24, 2.45) is 0 Å². The van der Waals surface area contributed by atoms with Gasteiger partial charge in [0, 0.05) is 24.0 Å². The van der Waals surface area contributed by atoms with Gasteiger partial charge in [0.15, 0.2) is 0 Å². The van der Waals surface area contributed by atoms with Gasteiger partial charge in [-0.2, -0.15) is 0 Å². The molecule has 0 radical (unpaired) electrons. The molecule has 1 aromatic carbocycles. The van der Waals surface area contributed by atoms with Crippen LogP contribution in [-0.4, -0.2) is 39.5 Å². The highest BCUT2D eigenvalue weighted by Crippen LogP contribution is 2.20. The molecule has 0 unspecified atom stereocenters. The number of carboxylic acid groups (broad SMARTS) is 1. The normalized spacial score (nSPS) is 11.4. The smallest absolute Gasteiger partial charge is 0.329 e. The zero-order chi connectivity index (χ0) is 15.8. The molecule has 2 aromatic rings. The molecule has 0 spiro atoms. The number of likely N-dealkylation sites (N-methyl/N-ethyl adjacent to an activating group) is 1. The topological polar surface area (TPSA) is 90.5 Å². The third-order valence-corrected chi connectivity index (χ3v) is 3.65. The van der Waals surface area contributed by atoms with Crippen LogP contribution in [0.25, 0.3) is 10.9 Å². The fraction of sp³-hybridized carbons (Fsp3) is 0.267. The molecule has 0 atom stereocenters. The Morgan fingerprint density at radius 1 is 1.24 bits per heavy atom. The first-order valence-corrected chi connectivity index (χ1v) is 6.39. The number of rotatable bonds is 3. The van der Waals surface area contributed by atoms with Gasteiger partial charge in [0.2, 0.25) is 5.56 Å². The number of carbonyl (C=O) groups excluding carboxylic acids is 1. The predicted molar refractivity (Wildman–Crippen MR) is 78.4 cm³/mol. The van der Waals surface area contributed by atoms with Crippen LogP contribution in [0.3, 0.4) is 0 Å². The van der Waals surface area contributed by atoms with Crippen molar-refractivity contribution in [1.29, 1.82) is 0 Å².